The maximum absolute atomic E-state index is 13.0. The van der Waals surface area contributed by atoms with Gasteiger partial charge in [0.05, 0.1) is 24.1 Å². The highest BCUT2D eigenvalue weighted by atomic mass is 31.2. The molecule has 0 aliphatic carbocycles. The van der Waals surface area contributed by atoms with Crippen molar-refractivity contribution in [2.24, 2.45) is 0 Å². The van der Waals surface area contributed by atoms with Crippen molar-refractivity contribution in [1.29, 1.82) is 0 Å². The smallest absolute Gasteiger partial charge is 0.349 e. The molecule has 3 aromatic rings. The lowest BCUT2D eigenvalue weighted by Crippen LogP contribution is -2.65. The molecule has 2 aromatic heterocycles. The van der Waals surface area contributed by atoms with Crippen LogP contribution in [0, 0.1) is 0 Å². The number of nitrogens with one attached hydrogen (secondary N) is 1. The molecule has 47 heavy (non-hydrogen) atoms. The number of carbonyl (C=O) groups excluding carboxylic acids is 1. The number of anilines is 1. The molecule has 0 bridgehead atoms. The van der Waals surface area contributed by atoms with E-state index in [1.165, 1.54) is 6.33 Å². The fourth-order valence-corrected chi connectivity index (χ4v) is 12.6. The minimum absolute atomic E-state index is 0.256. The average molecular weight is 688 g/mol. The van der Waals surface area contributed by atoms with Crippen LogP contribution in [0.5, 0.6) is 0 Å². The van der Waals surface area contributed by atoms with Crippen LogP contribution < -0.4 is 5.32 Å². The van der Waals surface area contributed by atoms with Crippen molar-refractivity contribution >= 4 is 40.1 Å². The fourth-order valence-electron chi connectivity index (χ4n) is 6.16. The standard InChI is InChI=1S/C33H50N5O7PSi/c1-30(2,3)44-46(45-31(4,5)6)42-25-24-22(18-40-47(43-24,32(7,8)9)33(10,11)12)41-29(25)38-20-36-23-26(34-19-35-27(23)38)37-28(39)21-16-14-13-15-17-21/h13-17,19-20,22,24-25,29H,18H2,1-12H3,(H,34,35,37,39)/t22-,24-,25-,29-/m1/s1. The van der Waals surface area contributed by atoms with Gasteiger partial charge in [0.15, 0.2) is 23.2 Å². The third-order valence-electron chi connectivity index (χ3n) is 7.82. The first-order valence-corrected chi connectivity index (χ1v) is 19.0. The van der Waals surface area contributed by atoms with E-state index in [1.807, 2.05) is 47.6 Å². The number of carbonyl (C=O) groups is 1. The zero-order chi connectivity index (χ0) is 34.6. The molecule has 2 aliphatic heterocycles. The molecule has 1 N–H and O–H groups in total. The predicted octanol–water partition coefficient (Wildman–Crippen LogP) is 7.68. The summed E-state index contributed by atoms with van der Waals surface area (Å²) in [6.07, 6.45) is 0.695. The molecule has 12 nitrogen and oxygen atoms in total. The SMILES string of the molecule is CC(C)(C)OP(O[C@@H]1[C@@H]2O[Si](C(C)(C)C)(C(C)(C)C)OC[C@H]2O[C@H]1n1cnc2c(NC(=O)c3ccccc3)ncnc21)OC(C)(C)C. The van der Waals surface area contributed by atoms with Gasteiger partial charge in [-0.3, -0.25) is 9.36 Å². The summed E-state index contributed by atoms with van der Waals surface area (Å²) in [4.78, 5) is 26.6. The number of imidazole rings is 1. The molecule has 4 atom stereocenters. The summed E-state index contributed by atoms with van der Waals surface area (Å²) in [6.45, 7) is 25.2. The lowest BCUT2D eigenvalue weighted by molar-refractivity contribution is -0.0796. The van der Waals surface area contributed by atoms with Crippen molar-refractivity contribution < 1.29 is 32.0 Å². The molecule has 0 radical (unpaired) electrons. The summed E-state index contributed by atoms with van der Waals surface area (Å²) in [6, 6.07) is 8.94. The summed E-state index contributed by atoms with van der Waals surface area (Å²) in [5, 5.41) is 2.37. The number of ether oxygens (including phenoxy) is 1. The van der Waals surface area contributed by atoms with E-state index in [9.17, 15) is 4.79 Å². The van der Waals surface area contributed by atoms with E-state index < -0.39 is 52.9 Å². The number of amides is 1. The van der Waals surface area contributed by atoms with Gasteiger partial charge in [0.2, 0.25) is 0 Å². The lowest BCUT2D eigenvalue weighted by Gasteiger charge is -2.53. The third-order valence-corrected chi connectivity index (χ3v) is 14.8. The number of aromatic nitrogens is 4. The Bertz CT molecular complexity index is 1530. The van der Waals surface area contributed by atoms with E-state index in [4.69, 9.17) is 27.2 Å². The Morgan fingerprint density at radius 1 is 0.915 bits per heavy atom. The Hall–Kier alpha value is -2.35. The van der Waals surface area contributed by atoms with Gasteiger partial charge in [0.25, 0.3) is 5.91 Å². The number of hydrogen-bond donors (Lipinski definition) is 1. The molecule has 1 amide bonds. The second-order valence-corrected chi connectivity index (χ2v) is 21.9. The van der Waals surface area contributed by atoms with Crippen LogP contribution in [0.2, 0.25) is 10.1 Å². The van der Waals surface area contributed by atoms with Crippen LogP contribution in [0.3, 0.4) is 0 Å². The first-order valence-electron chi connectivity index (χ1n) is 16.1. The maximum Gasteiger partial charge on any atom is 0.349 e. The second kappa shape index (κ2) is 12.8. The fraction of sp³-hybridized carbons (Fsp3) is 0.636. The molecule has 2 fully saturated rings. The van der Waals surface area contributed by atoms with Gasteiger partial charge >= 0.3 is 17.2 Å². The Labute approximate surface area is 280 Å². The summed E-state index contributed by atoms with van der Waals surface area (Å²) in [5.41, 5.74) is 0.299. The summed E-state index contributed by atoms with van der Waals surface area (Å²) < 4.78 is 42.1. The molecular formula is C33H50N5O7PSi. The van der Waals surface area contributed by atoms with Crippen molar-refractivity contribution in [3.8, 4) is 0 Å². The molecule has 0 saturated carbocycles. The van der Waals surface area contributed by atoms with Crippen molar-refractivity contribution in [3.63, 3.8) is 0 Å². The Morgan fingerprint density at radius 2 is 1.53 bits per heavy atom. The molecule has 4 heterocycles. The van der Waals surface area contributed by atoms with E-state index in [2.05, 4.69) is 61.8 Å². The van der Waals surface area contributed by atoms with Gasteiger partial charge in [-0.15, -0.1) is 0 Å². The van der Waals surface area contributed by atoms with Gasteiger partial charge in [0, 0.05) is 15.6 Å². The summed E-state index contributed by atoms with van der Waals surface area (Å²) in [7, 11) is -4.78. The van der Waals surface area contributed by atoms with Crippen LogP contribution in [-0.4, -0.2) is 70.1 Å². The van der Waals surface area contributed by atoms with Crippen LogP contribution in [0.15, 0.2) is 43.0 Å². The quantitative estimate of drug-likeness (QED) is 0.195. The van der Waals surface area contributed by atoms with Crippen LogP contribution >= 0.6 is 8.60 Å². The van der Waals surface area contributed by atoms with Crippen molar-refractivity contribution in [2.75, 3.05) is 11.9 Å². The Morgan fingerprint density at radius 3 is 2.11 bits per heavy atom. The normalized spacial score (nSPS) is 23.7. The number of rotatable bonds is 7. The molecule has 0 unspecified atom stereocenters. The van der Waals surface area contributed by atoms with Gasteiger partial charge in [-0.1, -0.05) is 59.7 Å². The zero-order valence-corrected chi connectivity index (χ0v) is 31.5. The highest BCUT2D eigenvalue weighted by molar-refractivity contribution is 7.41. The Balaban J connectivity index is 1.56. The van der Waals surface area contributed by atoms with E-state index in [1.54, 1.807) is 35.2 Å². The Kier molecular flexibility index (Phi) is 9.81. The minimum Gasteiger partial charge on any atom is -0.391 e. The summed E-state index contributed by atoms with van der Waals surface area (Å²) in [5.74, 6) is -0.0126. The maximum atomic E-state index is 13.0. The van der Waals surface area contributed by atoms with Crippen molar-refractivity contribution in [1.82, 2.24) is 19.5 Å². The van der Waals surface area contributed by atoms with E-state index in [0.29, 0.717) is 23.3 Å². The van der Waals surface area contributed by atoms with Crippen LogP contribution in [0.25, 0.3) is 11.2 Å². The molecular weight excluding hydrogens is 637 g/mol. The molecule has 2 saturated heterocycles. The van der Waals surface area contributed by atoms with Gasteiger partial charge < -0.3 is 32.5 Å². The van der Waals surface area contributed by atoms with Gasteiger partial charge in [-0.05, 0) is 53.7 Å². The average Bonchev–Trinajstić information content (AvgIpc) is 3.52. The molecule has 258 valence electrons. The lowest BCUT2D eigenvalue weighted by atomic mass is 10.1. The molecule has 0 spiro atoms. The van der Waals surface area contributed by atoms with Crippen LogP contribution in [0.1, 0.15) is 99.7 Å². The molecule has 5 rings (SSSR count). The largest absolute Gasteiger partial charge is 0.391 e. The molecule has 14 heteroatoms. The summed E-state index contributed by atoms with van der Waals surface area (Å²) >= 11 is 0. The van der Waals surface area contributed by atoms with E-state index >= 15 is 0 Å². The number of benzene rings is 1. The van der Waals surface area contributed by atoms with Gasteiger partial charge in [0.1, 0.15) is 24.6 Å². The van der Waals surface area contributed by atoms with E-state index in [0.717, 1.165) is 0 Å². The van der Waals surface area contributed by atoms with Crippen molar-refractivity contribution in [3.05, 3.63) is 48.5 Å². The highest BCUT2D eigenvalue weighted by Crippen LogP contribution is 2.58. The second-order valence-electron chi connectivity index (χ2n) is 16.1. The molecule has 2 aliphatic rings. The van der Waals surface area contributed by atoms with Crippen molar-refractivity contribution in [2.45, 2.75) is 129 Å². The van der Waals surface area contributed by atoms with Gasteiger partial charge in [-0.2, -0.15) is 0 Å². The zero-order valence-electron chi connectivity index (χ0n) is 29.7. The third kappa shape index (κ3) is 7.62. The highest BCUT2D eigenvalue weighted by Gasteiger charge is 2.65. The monoisotopic (exact) mass is 687 g/mol. The first-order chi connectivity index (χ1) is 21.7. The number of fused-ring (bicyclic) bond motifs is 2. The van der Waals surface area contributed by atoms with E-state index in [-0.39, 0.29) is 21.8 Å². The number of hydrogen-bond acceptors (Lipinski definition) is 10. The minimum atomic E-state index is -2.92. The predicted molar refractivity (Wildman–Crippen MR) is 183 cm³/mol. The van der Waals surface area contributed by atoms with Gasteiger partial charge in [-0.25, -0.2) is 15.0 Å². The van der Waals surface area contributed by atoms with Crippen LogP contribution in [0.4, 0.5) is 5.82 Å². The first kappa shape index (κ1) is 35.9. The topological polar surface area (TPSA) is 128 Å². The van der Waals surface area contributed by atoms with Crippen LogP contribution in [-0.2, 0) is 27.2 Å². The number of nitrogens with zero attached hydrogens (tertiary/aromatic N) is 4. The molecule has 1 aromatic carbocycles.